The summed E-state index contributed by atoms with van der Waals surface area (Å²) < 4.78 is 3.26. The Morgan fingerprint density at radius 3 is 2.54 bits per heavy atom. The van der Waals surface area contributed by atoms with Gasteiger partial charge in [-0.25, -0.2) is 14.6 Å². The molecule has 2 amide bonds. The van der Waals surface area contributed by atoms with E-state index in [1.807, 2.05) is 18.3 Å². The molecule has 3 aliphatic rings. The van der Waals surface area contributed by atoms with Gasteiger partial charge in [-0.3, -0.25) is 19.8 Å². The fourth-order valence-electron chi connectivity index (χ4n) is 8.07. The van der Waals surface area contributed by atoms with Gasteiger partial charge in [0.05, 0.1) is 53.1 Å². The molecule has 0 bridgehead atoms. The third-order valence-corrected chi connectivity index (χ3v) is 11.4. The molecule has 3 fully saturated rings. The molecule has 1 aliphatic carbocycles. The van der Waals surface area contributed by atoms with Gasteiger partial charge in [0.1, 0.15) is 17.8 Å². The molecule has 16 nitrogen and oxygen atoms in total. The van der Waals surface area contributed by atoms with E-state index in [1.165, 1.54) is 6.20 Å². The van der Waals surface area contributed by atoms with Crippen molar-refractivity contribution in [3.05, 3.63) is 78.0 Å². The number of fused-ring (bicyclic) bond motifs is 1. The molecule has 3 N–H and O–H groups in total. The van der Waals surface area contributed by atoms with Crippen molar-refractivity contribution < 1.29 is 14.7 Å². The lowest BCUT2D eigenvalue weighted by atomic mass is 9.76. The van der Waals surface area contributed by atoms with Crippen molar-refractivity contribution in [3.8, 4) is 23.6 Å². The summed E-state index contributed by atoms with van der Waals surface area (Å²) in [5.41, 5.74) is 4.45. The van der Waals surface area contributed by atoms with Crippen LogP contribution in [0.4, 0.5) is 11.4 Å². The third-order valence-electron chi connectivity index (χ3n) is 11.4. The normalized spacial score (nSPS) is 22.3. The number of pyridine rings is 2. The number of anilines is 2. The van der Waals surface area contributed by atoms with Crippen molar-refractivity contribution in [3.63, 3.8) is 0 Å². The van der Waals surface area contributed by atoms with Crippen molar-refractivity contribution in [2.24, 2.45) is 0 Å². The molecule has 8 rings (SSSR count). The molecule has 1 aromatic carbocycles. The van der Waals surface area contributed by atoms with Crippen LogP contribution in [0.2, 0.25) is 0 Å². The van der Waals surface area contributed by atoms with Gasteiger partial charge in [-0.15, -0.1) is 5.10 Å². The van der Waals surface area contributed by atoms with E-state index in [1.54, 1.807) is 40.8 Å². The van der Waals surface area contributed by atoms with E-state index >= 15 is 0 Å². The highest BCUT2D eigenvalue weighted by molar-refractivity contribution is 6.01. The molecule has 56 heavy (non-hydrogen) atoms. The summed E-state index contributed by atoms with van der Waals surface area (Å²) in [7, 11) is 0. The zero-order valence-corrected chi connectivity index (χ0v) is 31.2. The summed E-state index contributed by atoms with van der Waals surface area (Å²) in [6.07, 6.45) is 11.3. The van der Waals surface area contributed by atoms with E-state index in [9.17, 15) is 25.2 Å². The maximum Gasteiger partial charge on any atom is 0.234 e. The van der Waals surface area contributed by atoms with E-state index in [0.717, 1.165) is 68.9 Å². The fourth-order valence-corrected chi connectivity index (χ4v) is 8.07. The average Bonchev–Trinajstić information content (AvgIpc) is 3.89. The summed E-state index contributed by atoms with van der Waals surface area (Å²) in [5, 5.41) is 50.2. The van der Waals surface area contributed by atoms with Gasteiger partial charge in [0.25, 0.3) is 0 Å². The van der Waals surface area contributed by atoms with Gasteiger partial charge in [-0.2, -0.15) is 20.3 Å². The zero-order valence-electron chi connectivity index (χ0n) is 31.2. The zero-order chi connectivity index (χ0) is 38.8. The third kappa shape index (κ3) is 7.66. The molecule has 6 heterocycles. The Balaban J connectivity index is 0.853. The van der Waals surface area contributed by atoms with Crippen LogP contribution in [0.15, 0.2) is 61.2 Å². The van der Waals surface area contributed by atoms with Crippen LogP contribution in [-0.4, -0.2) is 101 Å². The summed E-state index contributed by atoms with van der Waals surface area (Å²) in [6.45, 7) is 6.21. The molecule has 16 heteroatoms. The fraction of sp³-hybridized carbons (Fsp3) is 0.425. The van der Waals surface area contributed by atoms with Gasteiger partial charge in [-0.1, -0.05) is 17.3 Å². The number of nitrogens with one attached hydrogen (secondary N) is 2. The van der Waals surface area contributed by atoms with Gasteiger partial charge in [-0.05, 0) is 69.2 Å². The van der Waals surface area contributed by atoms with Gasteiger partial charge in [0, 0.05) is 68.4 Å². The van der Waals surface area contributed by atoms with Crippen molar-refractivity contribution in [1.82, 2.24) is 45.0 Å². The number of hydrogen-bond donors (Lipinski definition) is 3. The monoisotopic (exact) mass is 753 g/mol. The molecule has 2 aliphatic heterocycles. The Morgan fingerprint density at radius 2 is 1.80 bits per heavy atom. The molecule has 2 saturated heterocycles. The molecular formula is C40H43N13O3. The summed E-state index contributed by atoms with van der Waals surface area (Å²) in [4.78, 5) is 37.7. The van der Waals surface area contributed by atoms with Crippen LogP contribution in [0.3, 0.4) is 0 Å². The van der Waals surface area contributed by atoms with Gasteiger partial charge in [0.15, 0.2) is 11.5 Å². The van der Waals surface area contributed by atoms with E-state index in [0.29, 0.717) is 59.5 Å². The van der Waals surface area contributed by atoms with E-state index in [4.69, 9.17) is 0 Å². The summed E-state index contributed by atoms with van der Waals surface area (Å²) in [6, 6.07) is 15.5. The molecule has 4 aromatic heterocycles. The predicted octanol–water partition coefficient (Wildman–Crippen LogP) is 3.71. The molecule has 2 atom stereocenters. The second kappa shape index (κ2) is 15.5. The molecule has 2 unspecified atom stereocenters. The van der Waals surface area contributed by atoms with Crippen molar-refractivity contribution >= 4 is 34.2 Å². The van der Waals surface area contributed by atoms with Crippen LogP contribution in [-0.2, 0) is 9.59 Å². The Morgan fingerprint density at radius 1 is 1.02 bits per heavy atom. The van der Waals surface area contributed by atoms with Gasteiger partial charge >= 0.3 is 0 Å². The molecular weight excluding hydrogens is 711 g/mol. The van der Waals surface area contributed by atoms with Crippen LogP contribution in [0.5, 0.6) is 0 Å². The first-order valence-corrected chi connectivity index (χ1v) is 19.1. The number of benzene rings is 1. The Hall–Kier alpha value is -6.23. The Bertz CT molecular complexity index is 2320. The molecule has 1 saturated carbocycles. The first-order chi connectivity index (χ1) is 27.2. The van der Waals surface area contributed by atoms with E-state index < -0.39 is 11.6 Å². The minimum Gasteiger partial charge on any atom is -0.390 e. The van der Waals surface area contributed by atoms with Crippen molar-refractivity contribution in [2.75, 3.05) is 42.9 Å². The molecule has 286 valence electrons. The minimum absolute atomic E-state index is 0.162. The quantitative estimate of drug-likeness (QED) is 0.174. The van der Waals surface area contributed by atoms with Crippen LogP contribution in [0, 0.1) is 22.7 Å². The predicted molar refractivity (Wildman–Crippen MR) is 206 cm³/mol. The van der Waals surface area contributed by atoms with Crippen molar-refractivity contribution in [2.45, 2.75) is 75.3 Å². The number of nitriles is 2. The van der Waals surface area contributed by atoms with Crippen molar-refractivity contribution in [1.29, 1.82) is 10.5 Å². The number of imide groups is 1. The largest absolute Gasteiger partial charge is 0.390 e. The number of carbonyl (C=O) groups is 2. The van der Waals surface area contributed by atoms with Crippen LogP contribution < -0.4 is 15.5 Å². The number of aliphatic hydroxyl groups is 1. The Labute approximate surface area is 323 Å². The lowest BCUT2D eigenvalue weighted by Crippen LogP contribution is -2.48. The maximum atomic E-state index is 12.3. The SMILES string of the molecule is CC(C#N)Nc1cc(-n2ncc3cc(C#N)cnc32)ncc1-n1cc(C2CCC(O)(CCN3CCN(c4ccc(C5CCC(=O)NC5=O)cc4)CC3)CC2)nn1. The number of amides is 2. The van der Waals surface area contributed by atoms with Crippen LogP contribution >= 0.6 is 0 Å². The van der Waals surface area contributed by atoms with Crippen LogP contribution in [0.1, 0.15) is 80.5 Å². The highest BCUT2D eigenvalue weighted by atomic mass is 16.3. The van der Waals surface area contributed by atoms with E-state index in [-0.39, 0.29) is 23.7 Å². The number of hydrogen-bond acceptors (Lipinski definition) is 13. The lowest BCUT2D eigenvalue weighted by molar-refractivity contribution is -0.134. The maximum absolute atomic E-state index is 12.3. The minimum atomic E-state index is -0.721. The number of aromatic nitrogens is 7. The first-order valence-electron chi connectivity index (χ1n) is 19.1. The second-order valence-corrected chi connectivity index (χ2v) is 15.1. The summed E-state index contributed by atoms with van der Waals surface area (Å²) in [5.74, 6) is -0.0407. The number of carbonyl (C=O) groups excluding carboxylic acids is 2. The Kier molecular flexibility index (Phi) is 10.2. The molecule has 0 spiro atoms. The highest BCUT2D eigenvalue weighted by Gasteiger charge is 2.35. The first kappa shape index (κ1) is 36.7. The second-order valence-electron chi connectivity index (χ2n) is 15.1. The number of rotatable bonds is 10. The van der Waals surface area contributed by atoms with Gasteiger partial charge in [0.2, 0.25) is 11.8 Å². The molecule has 0 radical (unpaired) electrons. The average molecular weight is 754 g/mol. The number of piperazine rings is 1. The molecule has 5 aromatic rings. The number of nitrogens with zero attached hydrogens (tertiary/aromatic N) is 11. The topological polar surface area (TPSA) is 207 Å². The number of piperidine rings is 1. The smallest absolute Gasteiger partial charge is 0.234 e. The van der Waals surface area contributed by atoms with Crippen LogP contribution in [0.25, 0.3) is 22.5 Å². The van der Waals surface area contributed by atoms with Gasteiger partial charge < -0.3 is 15.3 Å². The summed E-state index contributed by atoms with van der Waals surface area (Å²) >= 11 is 0. The lowest BCUT2D eigenvalue weighted by Gasteiger charge is -2.40. The van der Waals surface area contributed by atoms with E-state index in [2.05, 4.69) is 70.1 Å². The highest BCUT2D eigenvalue weighted by Crippen LogP contribution is 2.39. The standard InChI is InChI=1S/C40H43N13O3/c1-26(20-41)46-33-19-36(53-38-30(23-45-53)18-27(21-42)22-44-38)43-24-35(33)52-25-34(48-49-52)29-8-10-40(56,11-9-29)12-13-50-14-16-51(17-15-50)31-4-2-28(3-5-31)32-6-7-37(54)47-39(32)55/h2-5,18-19,22-26,29,32,56H,6-17H2,1H3,(H,43,46)(H,47,54,55).